The van der Waals surface area contributed by atoms with E-state index in [1.54, 1.807) is 18.7 Å². The van der Waals surface area contributed by atoms with Crippen molar-refractivity contribution in [2.45, 2.75) is 64.0 Å². The average Bonchev–Trinajstić information content (AvgIpc) is 3.13. The van der Waals surface area contributed by atoms with Crippen LogP contribution in [0.15, 0.2) is 24.3 Å². The fourth-order valence-corrected chi connectivity index (χ4v) is 3.95. The summed E-state index contributed by atoms with van der Waals surface area (Å²) in [5.74, 6) is 0.00390. The molecule has 26 heavy (non-hydrogen) atoms. The van der Waals surface area contributed by atoms with Gasteiger partial charge in [0, 0.05) is 24.7 Å². The number of rotatable bonds is 5. The van der Waals surface area contributed by atoms with Gasteiger partial charge in [-0.1, -0.05) is 25.0 Å². The molecule has 1 saturated carbocycles. The zero-order valence-electron chi connectivity index (χ0n) is 15.9. The number of benzene rings is 1. The summed E-state index contributed by atoms with van der Waals surface area (Å²) >= 11 is 0. The average molecular weight is 358 g/mol. The molecule has 5 nitrogen and oxygen atoms in total. The summed E-state index contributed by atoms with van der Waals surface area (Å²) in [5, 5.41) is 9.89. The van der Waals surface area contributed by atoms with Crippen LogP contribution in [0, 0.1) is 0 Å². The molecule has 0 radical (unpaired) electrons. The second-order valence-corrected chi connectivity index (χ2v) is 8.26. The number of nitrogens with zero attached hydrogens (tertiary/aromatic N) is 2. The summed E-state index contributed by atoms with van der Waals surface area (Å²) in [5.41, 5.74) is 0.942. The number of amides is 2. The van der Waals surface area contributed by atoms with Crippen molar-refractivity contribution in [3.05, 3.63) is 35.4 Å². The van der Waals surface area contributed by atoms with E-state index in [0.717, 1.165) is 24.8 Å². The van der Waals surface area contributed by atoms with Gasteiger partial charge in [-0.3, -0.25) is 9.59 Å². The molecule has 142 valence electrons. The third-order valence-electron chi connectivity index (χ3n) is 5.51. The van der Waals surface area contributed by atoms with Gasteiger partial charge in [0.05, 0.1) is 5.60 Å². The number of carbonyl (C=O) groups is 2. The lowest BCUT2D eigenvalue weighted by Gasteiger charge is -2.37. The molecule has 0 aromatic heterocycles. The minimum Gasteiger partial charge on any atom is -0.390 e. The van der Waals surface area contributed by atoms with Gasteiger partial charge < -0.3 is 14.9 Å². The molecule has 1 aromatic carbocycles. The number of aryl methyl sites for hydroxylation is 1. The van der Waals surface area contributed by atoms with Crippen molar-refractivity contribution in [2.75, 3.05) is 19.6 Å². The van der Waals surface area contributed by atoms with Crippen LogP contribution in [-0.2, 0) is 11.2 Å². The lowest BCUT2D eigenvalue weighted by Crippen LogP contribution is -2.54. The second kappa shape index (κ2) is 7.78. The monoisotopic (exact) mass is 358 g/mol. The molecule has 0 atom stereocenters. The number of carbonyl (C=O) groups excluding carboxylic acids is 2. The van der Waals surface area contributed by atoms with Crippen molar-refractivity contribution in [3.8, 4) is 0 Å². The second-order valence-electron chi connectivity index (χ2n) is 8.26. The van der Waals surface area contributed by atoms with Gasteiger partial charge in [-0.15, -0.1) is 0 Å². The van der Waals surface area contributed by atoms with E-state index >= 15 is 0 Å². The quantitative estimate of drug-likeness (QED) is 0.880. The Kier molecular flexibility index (Phi) is 5.66. The smallest absolute Gasteiger partial charge is 0.254 e. The zero-order valence-corrected chi connectivity index (χ0v) is 15.9. The minimum atomic E-state index is -0.719. The fraction of sp³-hybridized carbons (Fsp3) is 0.619. The predicted molar refractivity (Wildman–Crippen MR) is 101 cm³/mol. The van der Waals surface area contributed by atoms with Crippen LogP contribution in [0.4, 0.5) is 0 Å². The van der Waals surface area contributed by atoms with Crippen molar-refractivity contribution < 1.29 is 14.7 Å². The van der Waals surface area contributed by atoms with Crippen molar-refractivity contribution in [1.29, 1.82) is 0 Å². The van der Waals surface area contributed by atoms with Crippen molar-refractivity contribution >= 4 is 11.8 Å². The third kappa shape index (κ3) is 4.64. The summed E-state index contributed by atoms with van der Waals surface area (Å²) in [6.07, 6.45) is 5.97. The standard InChI is InChI=1S/C21H30N2O3/c1-21(2,26)11-10-16-6-5-7-17(14-16)20(25)22-12-13-23(19(24)15-22)18-8-3-4-9-18/h5-7,14,18,26H,3-4,8-13,15H2,1-2H3. The molecule has 0 bridgehead atoms. The van der Waals surface area contributed by atoms with Gasteiger partial charge in [0.2, 0.25) is 5.91 Å². The molecule has 0 unspecified atom stereocenters. The summed E-state index contributed by atoms with van der Waals surface area (Å²) in [7, 11) is 0. The van der Waals surface area contributed by atoms with Gasteiger partial charge in [0.15, 0.2) is 0 Å². The Morgan fingerprint density at radius 3 is 2.62 bits per heavy atom. The predicted octanol–water partition coefficient (Wildman–Crippen LogP) is 2.62. The van der Waals surface area contributed by atoms with Gasteiger partial charge in [0.1, 0.15) is 6.54 Å². The summed E-state index contributed by atoms with van der Waals surface area (Å²) in [4.78, 5) is 29.0. The molecule has 3 rings (SSSR count). The normalized spacial score (nSPS) is 19.3. The first-order chi connectivity index (χ1) is 12.3. The van der Waals surface area contributed by atoms with Crippen LogP contribution in [0.2, 0.25) is 0 Å². The first kappa shape index (κ1) is 18.9. The molecule has 1 aliphatic heterocycles. The van der Waals surface area contributed by atoms with E-state index in [2.05, 4.69) is 0 Å². The van der Waals surface area contributed by atoms with Crippen LogP contribution < -0.4 is 0 Å². The Morgan fingerprint density at radius 1 is 1.23 bits per heavy atom. The fourth-order valence-electron chi connectivity index (χ4n) is 3.95. The van der Waals surface area contributed by atoms with Crippen LogP contribution in [0.25, 0.3) is 0 Å². The van der Waals surface area contributed by atoms with Crippen LogP contribution in [0.1, 0.15) is 61.9 Å². The van der Waals surface area contributed by atoms with Gasteiger partial charge in [-0.05, 0) is 57.2 Å². The van der Waals surface area contributed by atoms with Gasteiger partial charge in [0.25, 0.3) is 5.91 Å². The molecule has 1 aromatic rings. The third-order valence-corrected chi connectivity index (χ3v) is 5.51. The summed E-state index contributed by atoms with van der Waals surface area (Å²) in [6.45, 7) is 5.01. The van der Waals surface area contributed by atoms with Crippen molar-refractivity contribution in [1.82, 2.24) is 9.80 Å². The van der Waals surface area contributed by atoms with Crippen LogP contribution in [0.5, 0.6) is 0 Å². The molecule has 2 fully saturated rings. The molecule has 5 heteroatoms. The first-order valence-corrected chi connectivity index (χ1v) is 9.73. The molecular weight excluding hydrogens is 328 g/mol. The Morgan fingerprint density at radius 2 is 1.96 bits per heavy atom. The maximum absolute atomic E-state index is 12.8. The molecule has 0 spiro atoms. The molecule has 1 heterocycles. The van der Waals surface area contributed by atoms with E-state index < -0.39 is 5.60 Å². The first-order valence-electron chi connectivity index (χ1n) is 9.73. The van der Waals surface area contributed by atoms with E-state index in [9.17, 15) is 14.7 Å². The van der Waals surface area contributed by atoms with E-state index in [4.69, 9.17) is 0 Å². The maximum atomic E-state index is 12.8. The Hall–Kier alpha value is -1.88. The van der Waals surface area contributed by atoms with E-state index in [-0.39, 0.29) is 18.4 Å². The molecule has 1 N–H and O–H groups in total. The number of hydrogen-bond donors (Lipinski definition) is 1. The molecule has 1 aliphatic carbocycles. The summed E-state index contributed by atoms with van der Waals surface area (Å²) < 4.78 is 0. The number of aliphatic hydroxyl groups is 1. The highest BCUT2D eigenvalue weighted by molar-refractivity contribution is 5.97. The zero-order chi connectivity index (χ0) is 18.7. The van der Waals surface area contributed by atoms with Crippen molar-refractivity contribution in [3.63, 3.8) is 0 Å². The van der Waals surface area contributed by atoms with Crippen LogP contribution in [-0.4, -0.2) is 58.0 Å². The Bertz CT molecular complexity index is 659. The van der Waals surface area contributed by atoms with Crippen LogP contribution in [0.3, 0.4) is 0 Å². The Labute approximate surface area is 156 Å². The van der Waals surface area contributed by atoms with E-state index in [1.165, 1.54) is 12.8 Å². The molecule has 2 aliphatic rings. The maximum Gasteiger partial charge on any atom is 0.254 e. The van der Waals surface area contributed by atoms with Crippen molar-refractivity contribution in [2.24, 2.45) is 0 Å². The van der Waals surface area contributed by atoms with Gasteiger partial charge in [-0.2, -0.15) is 0 Å². The van der Waals surface area contributed by atoms with Gasteiger partial charge >= 0.3 is 0 Å². The highest BCUT2D eigenvalue weighted by atomic mass is 16.3. The Balaban J connectivity index is 1.62. The lowest BCUT2D eigenvalue weighted by atomic mass is 9.97. The molecule has 2 amide bonds. The largest absolute Gasteiger partial charge is 0.390 e. The van der Waals surface area contributed by atoms with Gasteiger partial charge in [-0.25, -0.2) is 0 Å². The van der Waals surface area contributed by atoms with E-state index in [1.807, 2.05) is 29.2 Å². The molecular formula is C21H30N2O3. The lowest BCUT2D eigenvalue weighted by molar-refractivity contribution is -0.137. The molecule has 1 saturated heterocycles. The number of piperazine rings is 1. The van der Waals surface area contributed by atoms with Crippen LogP contribution >= 0.6 is 0 Å². The van der Waals surface area contributed by atoms with E-state index in [0.29, 0.717) is 31.1 Å². The highest BCUT2D eigenvalue weighted by Gasteiger charge is 2.33. The number of hydrogen-bond acceptors (Lipinski definition) is 3. The SMILES string of the molecule is CC(C)(O)CCc1cccc(C(=O)N2CCN(C3CCCC3)C(=O)C2)c1. The topological polar surface area (TPSA) is 60.9 Å². The highest BCUT2D eigenvalue weighted by Crippen LogP contribution is 2.25. The summed E-state index contributed by atoms with van der Waals surface area (Å²) in [6, 6.07) is 7.94. The minimum absolute atomic E-state index is 0.0745.